The Labute approximate surface area is 109 Å². The third-order valence-electron chi connectivity index (χ3n) is 2.56. The Hall–Kier alpha value is -2.35. The van der Waals surface area contributed by atoms with Crippen LogP contribution in [0.4, 0.5) is 15.9 Å². The number of aromatic amines is 1. The molecule has 0 aliphatic carbocycles. The lowest BCUT2D eigenvalue weighted by atomic mass is 9.90. The van der Waals surface area contributed by atoms with Crippen LogP contribution in [-0.4, -0.2) is 29.1 Å². The molecule has 8 heteroatoms. The van der Waals surface area contributed by atoms with Crippen molar-refractivity contribution in [1.29, 1.82) is 0 Å². The van der Waals surface area contributed by atoms with Crippen LogP contribution in [0.5, 0.6) is 0 Å². The number of aliphatic hydroxyl groups excluding tert-OH is 1. The molecule has 0 fully saturated rings. The Bertz CT molecular complexity index is 629. The van der Waals surface area contributed by atoms with Crippen LogP contribution in [0.15, 0.2) is 18.3 Å². The molecule has 0 saturated carbocycles. The van der Waals surface area contributed by atoms with E-state index < -0.39 is 18.3 Å². The molecular weight excluding hydrogens is 250 g/mol. The number of primary amides is 1. The van der Waals surface area contributed by atoms with Crippen molar-refractivity contribution in [2.24, 2.45) is 5.73 Å². The van der Waals surface area contributed by atoms with E-state index in [-0.39, 0.29) is 22.4 Å². The van der Waals surface area contributed by atoms with E-state index in [1.54, 1.807) is 0 Å². The molecule has 0 spiro atoms. The van der Waals surface area contributed by atoms with Crippen LogP contribution in [0.1, 0.15) is 15.9 Å². The quantitative estimate of drug-likeness (QED) is 0.565. The molecule has 96 valence electrons. The van der Waals surface area contributed by atoms with Gasteiger partial charge in [0.2, 0.25) is 0 Å². The summed E-state index contributed by atoms with van der Waals surface area (Å²) < 4.78 is 13.5. The molecule has 0 aliphatic heterocycles. The summed E-state index contributed by atoms with van der Waals surface area (Å²) in [5.74, 6) is -1.11. The van der Waals surface area contributed by atoms with Crippen LogP contribution < -0.4 is 16.5 Å². The summed E-state index contributed by atoms with van der Waals surface area (Å²) in [6, 6.07) is 2.60. The number of nitrogens with one attached hydrogen (secondary N) is 2. The average molecular weight is 260 g/mol. The zero-order chi connectivity index (χ0) is 14.0. The lowest BCUT2D eigenvalue weighted by Gasteiger charge is -2.10. The van der Waals surface area contributed by atoms with E-state index in [2.05, 4.69) is 15.5 Å². The van der Waals surface area contributed by atoms with Crippen LogP contribution in [0.2, 0.25) is 0 Å². The summed E-state index contributed by atoms with van der Waals surface area (Å²) in [5, 5.41) is 18.0. The van der Waals surface area contributed by atoms with E-state index in [0.29, 0.717) is 5.69 Å². The van der Waals surface area contributed by atoms with Gasteiger partial charge < -0.3 is 16.2 Å². The Morgan fingerprint density at radius 1 is 1.58 bits per heavy atom. The highest BCUT2D eigenvalue weighted by Crippen LogP contribution is 2.19. The van der Waals surface area contributed by atoms with Gasteiger partial charge in [0, 0.05) is 5.69 Å². The smallest absolute Gasteiger partial charge is 0.254 e. The van der Waals surface area contributed by atoms with Gasteiger partial charge in [0.1, 0.15) is 25.0 Å². The number of aliphatic hydroxyl groups is 1. The predicted molar refractivity (Wildman–Crippen MR) is 68.1 cm³/mol. The first-order chi connectivity index (χ1) is 9.02. The van der Waals surface area contributed by atoms with Crippen LogP contribution in [-0.2, 0) is 6.61 Å². The first-order valence-corrected chi connectivity index (χ1v) is 5.32. The summed E-state index contributed by atoms with van der Waals surface area (Å²) in [5.41, 5.74) is 5.72. The highest BCUT2D eigenvalue weighted by atomic mass is 19.1. The van der Waals surface area contributed by atoms with E-state index in [1.165, 1.54) is 12.3 Å². The van der Waals surface area contributed by atoms with Gasteiger partial charge >= 0.3 is 0 Å². The van der Waals surface area contributed by atoms with Crippen LogP contribution in [0, 0.1) is 5.82 Å². The molecule has 0 aliphatic rings. The number of amides is 1. The fourth-order valence-electron chi connectivity index (χ4n) is 1.59. The van der Waals surface area contributed by atoms with Gasteiger partial charge in [0.25, 0.3) is 5.91 Å². The highest BCUT2D eigenvalue weighted by Gasteiger charge is 2.12. The van der Waals surface area contributed by atoms with Gasteiger partial charge in [-0.05, 0) is 17.7 Å². The summed E-state index contributed by atoms with van der Waals surface area (Å²) in [7, 11) is 5.46. The Morgan fingerprint density at radius 3 is 2.95 bits per heavy atom. The number of anilines is 2. The maximum Gasteiger partial charge on any atom is 0.254 e. The van der Waals surface area contributed by atoms with Gasteiger partial charge in [0.15, 0.2) is 0 Å². The van der Waals surface area contributed by atoms with Crippen molar-refractivity contribution >= 4 is 30.7 Å². The molecule has 1 heterocycles. The van der Waals surface area contributed by atoms with Gasteiger partial charge in [-0.1, -0.05) is 5.46 Å². The number of benzene rings is 1. The molecule has 0 bridgehead atoms. The van der Waals surface area contributed by atoms with Crippen molar-refractivity contribution in [3.63, 3.8) is 0 Å². The maximum atomic E-state index is 13.5. The molecule has 5 N–H and O–H groups in total. The number of carbonyl (C=O) groups excluding carboxylic acids is 1. The fourth-order valence-corrected chi connectivity index (χ4v) is 1.59. The number of hydrogen-bond acceptors (Lipinski definition) is 4. The lowest BCUT2D eigenvalue weighted by Crippen LogP contribution is -2.16. The molecule has 1 aromatic heterocycles. The minimum atomic E-state index is -0.672. The number of nitrogens with zero attached hydrogens (tertiary/aromatic N) is 1. The molecule has 2 rings (SSSR count). The van der Waals surface area contributed by atoms with Crippen LogP contribution in [0.3, 0.4) is 0 Å². The Morgan fingerprint density at radius 2 is 2.32 bits per heavy atom. The largest absolute Gasteiger partial charge is 0.392 e. The predicted octanol–water partition coefficient (Wildman–Crippen LogP) is -0.323. The molecule has 1 amide bonds. The van der Waals surface area contributed by atoms with E-state index in [0.717, 1.165) is 6.07 Å². The second-order valence-corrected chi connectivity index (χ2v) is 3.84. The van der Waals surface area contributed by atoms with E-state index in [4.69, 9.17) is 18.7 Å². The van der Waals surface area contributed by atoms with Crippen molar-refractivity contribution in [2.75, 3.05) is 5.32 Å². The van der Waals surface area contributed by atoms with Crippen molar-refractivity contribution in [3.05, 3.63) is 35.3 Å². The molecular formula is C11H10BFN4O2. The minimum absolute atomic E-state index is 0.118. The maximum absolute atomic E-state index is 13.5. The molecule has 2 radical (unpaired) electrons. The number of aromatic nitrogens is 2. The summed E-state index contributed by atoms with van der Waals surface area (Å²) in [6.45, 7) is -0.399. The summed E-state index contributed by atoms with van der Waals surface area (Å²) in [4.78, 5) is 11.1. The van der Waals surface area contributed by atoms with E-state index in [9.17, 15) is 9.18 Å². The molecule has 19 heavy (non-hydrogen) atoms. The van der Waals surface area contributed by atoms with Gasteiger partial charge in [0.05, 0.1) is 12.8 Å². The fraction of sp³-hybridized carbons (Fsp3) is 0.0909. The molecule has 2 aromatic rings. The van der Waals surface area contributed by atoms with Gasteiger partial charge in [-0.3, -0.25) is 9.89 Å². The standard InChI is InChI=1S/C11H10BFN4O2/c12-9-5(4-18)1-6(2-8(9)13)16-11-7(10(14)19)3-15-17-11/h1-3,18H,4H2,(H2,14,19)(H2,15,16,17). The van der Waals surface area contributed by atoms with Crippen molar-refractivity contribution < 1.29 is 14.3 Å². The molecule has 1 aromatic carbocycles. The zero-order valence-corrected chi connectivity index (χ0v) is 9.77. The number of rotatable bonds is 4. The molecule has 0 atom stereocenters. The first-order valence-electron chi connectivity index (χ1n) is 5.32. The minimum Gasteiger partial charge on any atom is -0.392 e. The number of hydrogen-bond donors (Lipinski definition) is 4. The third-order valence-corrected chi connectivity index (χ3v) is 2.56. The van der Waals surface area contributed by atoms with Crippen molar-refractivity contribution in [2.45, 2.75) is 6.61 Å². The topological polar surface area (TPSA) is 104 Å². The summed E-state index contributed by atoms with van der Waals surface area (Å²) in [6.07, 6.45) is 1.26. The van der Waals surface area contributed by atoms with Crippen LogP contribution in [0.25, 0.3) is 0 Å². The van der Waals surface area contributed by atoms with Crippen molar-refractivity contribution in [1.82, 2.24) is 10.2 Å². The van der Waals surface area contributed by atoms with Gasteiger partial charge in [-0.2, -0.15) is 5.10 Å². The van der Waals surface area contributed by atoms with Crippen molar-refractivity contribution in [3.8, 4) is 0 Å². The second kappa shape index (κ2) is 5.11. The van der Waals surface area contributed by atoms with Crippen LogP contribution >= 0.6 is 0 Å². The normalized spacial score (nSPS) is 10.4. The second-order valence-electron chi connectivity index (χ2n) is 3.84. The SMILES string of the molecule is [B]c1c(F)cc(Nc2[nH]ncc2C(N)=O)cc1CO. The lowest BCUT2D eigenvalue weighted by molar-refractivity contribution is 0.100. The zero-order valence-electron chi connectivity index (χ0n) is 9.77. The number of carbonyl (C=O) groups is 1. The Balaban J connectivity index is 2.36. The number of H-pyrrole nitrogens is 1. The Kier molecular flexibility index (Phi) is 3.52. The monoisotopic (exact) mass is 260 g/mol. The first kappa shape index (κ1) is 13.1. The van der Waals surface area contributed by atoms with E-state index in [1.807, 2.05) is 0 Å². The van der Waals surface area contributed by atoms with Gasteiger partial charge in [-0.15, -0.1) is 0 Å². The highest BCUT2D eigenvalue weighted by molar-refractivity contribution is 6.33. The number of halogens is 1. The number of nitrogens with two attached hydrogens (primary N) is 1. The molecule has 0 unspecified atom stereocenters. The van der Waals surface area contributed by atoms with Gasteiger partial charge in [-0.25, -0.2) is 4.39 Å². The van der Waals surface area contributed by atoms with E-state index >= 15 is 0 Å². The molecule has 6 nitrogen and oxygen atoms in total. The third kappa shape index (κ3) is 2.58. The average Bonchev–Trinajstić information content (AvgIpc) is 2.81. The molecule has 0 saturated heterocycles. The summed E-state index contributed by atoms with van der Waals surface area (Å²) >= 11 is 0.